The van der Waals surface area contributed by atoms with Gasteiger partial charge in [-0.1, -0.05) is 52.8 Å². The van der Waals surface area contributed by atoms with E-state index in [1.165, 1.54) is 0 Å². The molecule has 0 aliphatic carbocycles. The molecule has 0 saturated carbocycles. The quantitative estimate of drug-likeness (QED) is 0.452. The largest absolute Gasteiger partial charge is 0.360 e. The van der Waals surface area contributed by atoms with Crippen molar-refractivity contribution < 1.29 is 4.52 Å². The Morgan fingerprint density at radius 3 is 2.85 bits per heavy atom. The van der Waals surface area contributed by atoms with Crippen molar-refractivity contribution in [2.45, 2.75) is 10.9 Å². The Morgan fingerprint density at radius 2 is 1.96 bits per heavy atom. The molecule has 0 fully saturated rings. The Morgan fingerprint density at radius 1 is 1.12 bits per heavy atom. The summed E-state index contributed by atoms with van der Waals surface area (Å²) in [5, 5.41) is 13.0. The molecule has 0 aliphatic heterocycles. The molecule has 26 heavy (non-hydrogen) atoms. The van der Waals surface area contributed by atoms with E-state index in [2.05, 4.69) is 20.3 Å². The Hall–Kier alpha value is -2.77. The molecule has 3 aromatic heterocycles. The summed E-state index contributed by atoms with van der Waals surface area (Å²) in [5.74, 6) is 2.13. The number of benzene rings is 2. The molecule has 0 bridgehead atoms. The van der Waals surface area contributed by atoms with Gasteiger partial charge in [0.2, 0.25) is 5.78 Å². The van der Waals surface area contributed by atoms with Gasteiger partial charge in [-0.3, -0.25) is 4.40 Å². The zero-order valence-electron chi connectivity index (χ0n) is 13.4. The Bertz CT molecular complexity index is 1210. The van der Waals surface area contributed by atoms with E-state index >= 15 is 0 Å². The third kappa shape index (κ3) is 2.65. The predicted molar refractivity (Wildman–Crippen MR) is 101 cm³/mol. The van der Waals surface area contributed by atoms with Gasteiger partial charge in [-0.25, -0.2) is 10.1 Å². The SMILES string of the molecule is Clc1ccc(-c2cc(CSc3n[nH]c4nc5ccccc5n34)on2)cc1. The normalized spacial score (nSPS) is 11.6. The second kappa shape index (κ2) is 6.19. The first-order chi connectivity index (χ1) is 12.8. The number of thioether (sulfide) groups is 1. The van der Waals surface area contributed by atoms with Crippen molar-refractivity contribution in [1.29, 1.82) is 0 Å². The molecule has 0 radical (unpaired) electrons. The van der Waals surface area contributed by atoms with Crippen molar-refractivity contribution in [3.63, 3.8) is 0 Å². The van der Waals surface area contributed by atoms with E-state index < -0.39 is 0 Å². The zero-order valence-corrected chi connectivity index (χ0v) is 15.0. The minimum Gasteiger partial charge on any atom is -0.360 e. The summed E-state index contributed by atoms with van der Waals surface area (Å²) in [6.07, 6.45) is 0. The van der Waals surface area contributed by atoms with Gasteiger partial charge in [0.1, 0.15) is 11.5 Å². The summed E-state index contributed by atoms with van der Waals surface area (Å²) in [7, 11) is 0. The summed E-state index contributed by atoms with van der Waals surface area (Å²) < 4.78 is 7.47. The summed E-state index contributed by atoms with van der Waals surface area (Å²) in [5.41, 5.74) is 3.72. The molecule has 0 unspecified atom stereocenters. The number of halogens is 1. The molecular weight excluding hydrogens is 370 g/mol. The maximum absolute atomic E-state index is 5.93. The van der Waals surface area contributed by atoms with E-state index in [1.54, 1.807) is 11.8 Å². The summed E-state index contributed by atoms with van der Waals surface area (Å²) >= 11 is 7.49. The second-order valence-corrected chi connectivity index (χ2v) is 7.12. The molecule has 0 atom stereocenters. The first-order valence-electron chi connectivity index (χ1n) is 7.94. The van der Waals surface area contributed by atoms with Gasteiger partial charge >= 0.3 is 0 Å². The maximum Gasteiger partial charge on any atom is 0.231 e. The first kappa shape index (κ1) is 15.5. The molecule has 0 aliphatic rings. The molecule has 5 aromatic rings. The lowest BCUT2D eigenvalue weighted by atomic mass is 10.1. The van der Waals surface area contributed by atoms with Crippen molar-refractivity contribution in [3.8, 4) is 11.3 Å². The molecule has 3 heterocycles. The number of rotatable bonds is 4. The van der Waals surface area contributed by atoms with Crippen LogP contribution >= 0.6 is 23.4 Å². The van der Waals surface area contributed by atoms with Gasteiger partial charge in [0.25, 0.3) is 0 Å². The van der Waals surface area contributed by atoms with Crippen LogP contribution < -0.4 is 0 Å². The molecule has 8 heteroatoms. The van der Waals surface area contributed by atoms with Crippen LogP contribution in [-0.2, 0) is 5.75 Å². The molecule has 5 rings (SSSR count). The predicted octanol–water partition coefficient (Wildman–Crippen LogP) is 4.81. The van der Waals surface area contributed by atoms with E-state index in [0.29, 0.717) is 10.8 Å². The van der Waals surface area contributed by atoms with Gasteiger partial charge in [0.05, 0.1) is 16.8 Å². The highest BCUT2D eigenvalue weighted by Gasteiger charge is 2.13. The summed E-state index contributed by atoms with van der Waals surface area (Å²) in [6.45, 7) is 0. The van der Waals surface area contributed by atoms with Gasteiger partial charge in [-0.15, -0.1) is 5.10 Å². The van der Waals surface area contributed by atoms with E-state index in [0.717, 1.165) is 39.0 Å². The van der Waals surface area contributed by atoms with Gasteiger partial charge in [0.15, 0.2) is 5.16 Å². The minimum atomic E-state index is 0.618. The van der Waals surface area contributed by atoms with Crippen LogP contribution in [0.25, 0.3) is 28.1 Å². The Kier molecular flexibility index (Phi) is 3.69. The highest BCUT2D eigenvalue weighted by molar-refractivity contribution is 7.98. The third-order valence-electron chi connectivity index (χ3n) is 4.05. The average molecular weight is 382 g/mol. The fourth-order valence-electron chi connectivity index (χ4n) is 2.81. The fourth-order valence-corrected chi connectivity index (χ4v) is 3.77. The number of para-hydroxylation sites is 2. The van der Waals surface area contributed by atoms with Crippen LogP contribution in [0.3, 0.4) is 0 Å². The molecule has 0 spiro atoms. The highest BCUT2D eigenvalue weighted by Crippen LogP contribution is 2.27. The Labute approximate surface area is 157 Å². The number of nitrogens with zero attached hydrogens (tertiary/aromatic N) is 4. The molecule has 2 aromatic carbocycles. The van der Waals surface area contributed by atoms with Crippen LogP contribution in [0.4, 0.5) is 0 Å². The number of aromatic amines is 1. The number of imidazole rings is 1. The summed E-state index contributed by atoms with van der Waals surface area (Å²) in [6, 6.07) is 17.4. The third-order valence-corrected chi connectivity index (χ3v) is 5.26. The lowest BCUT2D eigenvalue weighted by Crippen LogP contribution is -1.86. The second-order valence-electron chi connectivity index (χ2n) is 5.74. The van der Waals surface area contributed by atoms with Gasteiger partial charge in [-0.05, 0) is 24.3 Å². The lowest BCUT2D eigenvalue weighted by Gasteiger charge is -1.96. The Balaban J connectivity index is 1.40. The number of H-pyrrole nitrogens is 1. The number of nitrogens with one attached hydrogen (secondary N) is 1. The van der Waals surface area contributed by atoms with Crippen LogP contribution in [-0.4, -0.2) is 24.7 Å². The molecule has 0 saturated heterocycles. The van der Waals surface area contributed by atoms with Crippen LogP contribution in [0.2, 0.25) is 5.02 Å². The van der Waals surface area contributed by atoms with Crippen LogP contribution in [0.5, 0.6) is 0 Å². The molecule has 1 N–H and O–H groups in total. The number of aromatic nitrogens is 5. The van der Waals surface area contributed by atoms with Crippen molar-refractivity contribution in [2.24, 2.45) is 0 Å². The maximum atomic E-state index is 5.93. The van der Waals surface area contributed by atoms with Crippen LogP contribution in [0.15, 0.2) is 64.3 Å². The number of fused-ring (bicyclic) bond motifs is 3. The smallest absolute Gasteiger partial charge is 0.231 e. The number of hydrogen-bond donors (Lipinski definition) is 1. The molecule has 6 nitrogen and oxygen atoms in total. The minimum absolute atomic E-state index is 0.618. The van der Waals surface area contributed by atoms with E-state index in [4.69, 9.17) is 16.1 Å². The topological polar surface area (TPSA) is 72.0 Å². The molecule has 128 valence electrons. The lowest BCUT2D eigenvalue weighted by molar-refractivity contribution is 0.397. The number of hydrogen-bond acceptors (Lipinski definition) is 5. The van der Waals surface area contributed by atoms with E-state index in [-0.39, 0.29) is 0 Å². The van der Waals surface area contributed by atoms with Crippen molar-refractivity contribution >= 4 is 40.2 Å². The van der Waals surface area contributed by atoms with Gasteiger partial charge in [0, 0.05) is 16.7 Å². The summed E-state index contributed by atoms with van der Waals surface area (Å²) in [4.78, 5) is 4.53. The van der Waals surface area contributed by atoms with Crippen LogP contribution in [0.1, 0.15) is 5.76 Å². The van der Waals surface area contributed by atoms with Crippen molar-refractivity contribution in [2.75, 3.05) is 0 Å². The van der Waals surface area contributed by atoms with E-state index in [9.17, 15) is 0 Å². The van der Waals surface area contributed by atoms with Gasteiger partial charge in [-0.2, -0.15) is 0 Å². The zero-order chi connectivity index (χ0) is 17.5. The molecule has 0 amide bonds. The standard InChI is InChI=1S/C18H12ClN5OS/c19-12-7-5-11(6-8-12)15-9-13(25-23-15)10-26-18-22-21-17-20-14-3-1-2-4-16(14)24(17)18/h1-9H,10H2,(H,20,21). The molecular formula is C18H12ClN5OS. The first-order valence-corrected chi connectivity index (χ1v) is 9.30. The van der Waals surface area contributed by atoms with Gasteiger partial charge < -0.3 is 4.52 Å². The van der Waals surface area contributed by atoms with E-state index in [1.807, 2.05) is 59.0 Å². The average Bonchev–Trinajstić information content (AvgIpc) is 3.36. The highest BCUT2D eigenvalue weighted by atomic mass is 35.5. The fraction of sp³-hybridized carbons (Fsp3) is 0.0556. The van der Waals surface area contributed by atoms with Crippen molar-refractivity contribution in [3.05, 3.63) is 65.4 Å². The monoisotopic (exact) mass is 381 g/mol. The van der Waals surface area contributed by atoms with Crippen molar-refractivity contribution in [1.82, 2.24) is 24.7 Å². The van der Waals surface area contributed by atoms with Crippen LogP contribution in [0, 0.1) is 0 Å².